The molecule has 0 saturated heterocycles. The minimum absolute atomic E-state index is 0.0682. The van der Waals surface area contributed by atoms with Gasteiger partial charge in [0.15, 0.2) is 0 Å². The van der Waals surface area contributed by atoms with Crippen LogP contribution in [-0.4, -0.2) is 61.4 Å². The normalized spacial score (nSPS) is 15.3. The Kier molecular flexibility index (Phi) is 7.52. The quantitative estimate of drug-likeness (QED) is 0.691. The van der Waals surface area contributed by atoms with E-state index in [0.29, 0.717) is 28.3 Å². The molecule has 1 heterocycles. The zero-order chi connectivity index (χ0) is 24.1. The molecule has 0 fully saturated rings. The first-order chi connectivity index (χ1) is 15.7. The molecule has 9 heteroatoms. The Morgan fingerprint density at radius 3 is 2.58 bits per heavy atom. The molecule has 0 aromatic heterocycles. The lowest BCUT2D eigenvalue weighted by atomic mass is 9.97. The fraction of sp³-hybridized carbons (Fsp3) is 0.375. The summed E-state index contributed by atoms with van der Waals surface area (Å²) in [5.74, 6) is 0.313. The van der Waals surface area contributed by atoms with E-state index in [1.165, 1.54) is 30.1 Å². The van der Waals surface area contributed by atoms with Crippen LogP contribution in [-0.2, 0) is 4.79 Å². The highest BCUT2D eigenvalue weighted by atomic mass is 19.1. The Morgan fingerprint density at radius 1 is 1.21 bits per heavy atom. The summed E-state index contributed by atoms with van der Waals surface area (Å²) >= 11 is 0. The third-order valence-corrected chi connectivity index (χ3v) is 5.28. The van der Waals surface area contributed by atoms with Gasteiger partial charge in [0.1, 0.15) is 23.9 Å². The minimum Gasteiger partial charge on any atom is -0.497 e. The average molecular weight is 457 g/mol. The predicted octanol–water partition coefficient (Wildman–Crippen LogP) is 3.57. The number of carbonyl (C=O) groups is 2. The highest BCUT2D eigenvalue weighted by molar-refractivity contribution is 6.03. The van der Waals surface area contributed by atoms with E-state index in [1.54, 1.807) is 43.5 Å². The lowest BCUT2D eigenvalue weighted by Gasteiger charge is -2.26. The second-order valence-electron chi connectivity index (χ2n) is 8.05. The topological polar surface area (TPSA) is 83.5 Å². The zero-order valence-corrected chi connectivity index (χ0v) is 19.5. The van der Waals surface area contributed by atoms with E-state index in [2.05, 4.69) is 10.4 Å². The lowest BCUT2D eigenvalue weighted by molar-refractivity contribution is -0.133. The Hall–Kier alpha value is -3.62. The standard InChI is InChI=1S/C24H29FN4O4/c1-15(2)26-24(31)28(3)14-23(30)29-21(18-12-16(32-4)10-11-22(18)33-5)13-20(27-29)17-8-6-7-9-19(17)25/h6-12,15,21H,13-14H2,1-5H3,(H,26,31)/t21-/m0/s1. The smallest absolute Gasteiger partial charge is 0.317 e. The molecule has 1 N–H and O–H groups in total. The second kappa shape index (κ2) is 10.3. The van der Waals surface area contributed by atoms with Crippen molar-refractivity contribution in [2.45, 2.75) is 32.4 Å². The van der Waals surface area contributed by atoms with Gasteiger partial charge >= 0.3 is 6.03 Å². The van der Waals surface area contributed by atoms with E-state index < -0.39 is 17.8 Å². The highest BCUT2D eigenvalue weighted by Crippen LogP contribution is 2.39. The number of urea groups is 1. The van der Waals surface area contributed by atoms with Gasteiger partial charge in [-0.05, 0) is 38.1 Å². The average Bonchev–Trinajstić information content (AvgIpc) is 3.23. The van der Waals surface area contributed by atoms with Crippen LogP contribution in [0, 0.1) is 5.82 Å². The van der Waals surface area contributed by atoms with E-state index >= 15 is 0 Å². The summed E-state index contributed by atoms with van der Waals surface area (Å²) in [6, 6.07) is 10.6. The van der Waals surface area contributed by atoms with Crippen LogP contribution in [0.3, 0.4) is 0 Å². The number of benzene rings is 2. The first-order valence-corrected chi connectivity index (χ1v) is 10.6. The molecule has 0 spiro atoms. The first-order valence-electron chi connectivity index (χ1n) is 10.6. The molecule has 3 amide bonds. The maximum atomic E-state index is 14.5. The number of hydrogen-bond acceptors (Lipinski definition) is 5. The van der Waals surface area contributed by atoms with Crippen molar-refractivity contribution in [2.24, 2.45) is 5.10 Å². The van der Waals surface area contributed by atoms with Crippen LogP contribution in [0.4, 0.5) is 9.18 Å². The molecule has 1 aliphatic heterocycles. The first kappa shape index (κ1) is 24.0. The summed E-state index contributed by atoms with van der Waals surface area (Å²) < 4.78 is 25.4. The molecule has 1 aliphatic rings. The van der Waals surface area contributed by atoms with Gasteiger partial charge in [0, 0.05) is 30.6 Å². The van der Waals surface area contributed by atoms with Crippen molar-refractivity contribution >= 4 is 17.6 Å². The van der Waals surface area contributed by atoms with Crippen LogP contribution in [0.1, 0.15) is 37.4 Å². The zero-order valence-electron chi connectivity index (χ0n) is 19.5. The molecule has 176 valence electrons. The van der Waals surface area contributed by atoms with Crippen molar-refractivity contribution in [1.82, 2.24) is 15.2 Å². The Balaban J connectivity index is 1.97. The number of nitrogens with zero attached hydrogens (tertiary/aromatic N) is 3. The van der Waals surface area contributed by atoms with Gasteiger partial charge in [0.2, 0.25) is 0 Å². The molecular formula is C24H29FN4O4. The molecule has 2 aromatic carbocycles. The van der Waals surface area contributed by atoms with Crippen LogP contribution in [0.2, 0.25) is 0 Å². The van der Waals surface area contributed by atoms with Gasteiger partial charge in [0.05, 0.1) is 26.0 Å². The Labute approximate surface area is 193 Å². The summed E-state index contributed by atoms with van der Waals surface area (Å²) in [5, 5.41) is 8.54. The van der Waals surface area contributed by atoms with Gasteiger partial charge < -0.3 is 19.7 Å². The minimum atomic E-state index is -0.557. The van der Waals surface area contributed by atoms with Crippen LogP contribution in [0.15, 0.2) is 47.6 Å². The maximum Gasteiger partial charge on any atom is 0.317 e. The molecule has 3 rings (SSSR count). The summed E-state index contributed by atoms with van der Waals surface area (Å²) in [5.41, 5.74) is 1.44. The van der Waals surface area contributed by atoms with Crippen molar-refractivity contribution < 1.29 is 23.5 Å². The number of halogens is 1. The number of carbonyl (C=O) groups excluding carboxylic acids is 2. The Bertz CT molecular complexity index is 1060. The summed E-state index contributed by atoms with van der Waals surface area (Å²) in [4.78, 5) is 26.9. The predicted molar refractivity (Wildman–Crippen MR) is 123 cm³/mol. The van der Waals surface area contributed by atoms with E-state index in [0.717, 1.165) is 0 Å². The number of hydrazone groups is 1. The van der Waals surface area contributed by atoms with Crippen molar-refractivity contribution in [3.05, 3.63) is 59.4 Å². The van der Waals surface area contributed by atoms with Crippen molar-refractivity contribution in [3.63, 3.8) is 0 Å². The van der Waals surface area contributed by atoms with Gasteiger partial charge in [-0.2, -0.15) is 5.10 Å². The van der Waals surface area contributed by atoms with Crippen molar-refractivity contribution in [3.8, 4) is 11.5 Å². The maximum absolute atomic E-state index is 14.5. The van der Waals surface area contributed by atoms with Gasteiger partial charge in [-0.1, -0.05) is 18.2 Å². The molecule has 2 aromatic rings. The van der Waals surface area contributed by atoms with E-state index in [-0.39, 0.29) is 25.0 Å². The summed E-state index contributed by atoms with van der Waals surface area (Å²) in [6.45, 7) is 3.48. The van der Waals surface area contributed by atoms with Crippen molar-refractivity contribution in [2.75, 3.05) is 27.8 Å². The van der Waals surface area contributed by atoms with E-state index in [9.17, 15) is 14.0 Å². The number of rotatable bonds is 7. The summed E-state index contributed by atoms with van der Waals surface area (Å²) in [6.07, 6.45) is 0.276. The Morgan fingerprint density at radius 2 is 1.94 bits per heavy atom. The number of likely N-dealkylation sites (N-methyl/N-ethyl adjacent to an activating group) is 1. The number of amides is 3. The van der Waals surface area contributed by atoms with Gasteiger partial charge in [-0.15, -0.1) is 0 Å². The third kappa shape index (κ3) is 5.42. The molecular weight excluding hydrogens is 427 g/mol. The lowest BCUT2D eigenvalue weighted by Crippen LogP contribution is -2.45. The fourth-order valence-electron chi connectivity index (χ4n) is 3.64. The van der Waals surface area contributed by atoms with Crippen LogP contribution >= 0.6 is 0 Å². The van der Waals surface area contributed by atoms with Crippen LogP contribution in [0.5, 0.6) is 11.5 Å². The SMILES string of the molecule is COc1ccc(OC)c([C@@H]2CC(c3ccccc3F)=NN2C(=O)CN(C)C(=O)NC(C)C)c1. The van der Waals surface area contributed by atoms with Gasteiger partial charge in [-0.25, -0.2) is 14.2 Å². The molecule has 8 nitrogen and oxygen atoms in total. The molecule has 0 unspecified atom stereocenters. The van der Waals surface area contributed by atoms with E-state index in [4.69, 9.17) is 9.47 Å². The molecule has 0 radical (unpaired) electrons. The number of hydrogen-bond donors (Lipinski definition) is 1. The number of nitrogens with one attached hydrogen (secondary N) is 1. The molecule has 0 saturated carbocycles. The van der Waals surface area contributed by atoms with E-state index in [1.807, 2.05) is 13.8 Å². The molecule has 0 bridgehead atoms. The molecule has 33 heavy (non-hydrogen) atoms. The largest absolute Gasteiger partial charge is 0.497 e. The number of ether oxygens (including phenoxy) is 2. The highest BCUT2D eigenvalue weighted by Gasteiger charge is 2.36. The monoisotopic (exact) mass is 456 g/mol. The van der Waals surface area contributed by atoms with Gasteiger partial charge in [-0.3, -0.25) is 4.79 Å². The second-order valence-corrected chi connectivity index (χ2v) is 8.05. The van der Waals surface area contributed by atoms with Crippen LogP contribution in [0.25, 0.3) is 0 Å². The van der Waals surface area contributed by atoms with Crippen LogP contribution < -0.4 is 14.8 Å². The number of methoxy groups -OCH3 is 2. The van der Waals surface area contributed by atoms with Gasteiger partial charge in [0.25, 0.3) is 5.91 Å². The molecule has 0 aliphatic carbocycles. The van der Waals surface area contributed by atoms with Crippen molar-refractivity contribution in [1.29, 1.82) is 0 Å². The summed E-state index contributed by atoms with van der Waals surface area (Å²) in [7, 11) is 4.62. The third-order valence-electron chi connectivity index (χ3n) is 5.28. The fourth-order valence-corrected chi connectivity index (χ4v) is 3.64. The molecule has 1 atom stereocenters.